The predicted octanol–water partition coefficient (Wildman–Crippen LogP) is 2.20. The van der Waals surface area contributed by atoms with Crippen molar-refractivity contribution in [2.24, 2.45) is 5.73 Å². The maximum absolute atomic E-state index is 9.57. The first kappa shape index (κ1) is 14.2. The highest BCUT2D eigenvalue weighted by Gasteiger charge is 2.18. The highest BCUT2D eigenvalue weighted by molar-refractivity contribution is 7.80. The molecule has 104 valence electrons. The van der Waals surface area contributed by atoms with E-state index in [4.69, 9.17) is 18.0 Å². The quantitative estimate of drug-likeness (QED) is 0.843. The zero-order chi connectivity index (χ0) is 14.9. The number of thiocarbonyl (C=S) groups is 1. The van der Waals surface area contributed by atoms with Gasteiger partial charge in [0.2, 0.25) is 0 Å². The van der Waals surface area contributed by atoms with Crippen molar-refractivity contribution in [3.8, 4) is 5.75 Å². The summed E-state index contributed by atoms with van der Waals surface area (Å²) in [6.45, 7) is 3.78. The number of hydrogen-bond acceptors (Lipinski definition) is 5. The molecule has 0 atom stereocenters. The molecule has 3 N–H and O–H groups in total. The predicted molar refractivity (Wildman–Crippen MR) is 83.6 cm³/mol. The lowest BCUT2D eigenvalue weighted by atomic mass is 10.1. The molecular weight excluding hydrogens is 272 g/mol. The smallest absolute Gasteiger partial charge is 0.165 e. The SMILES string of the molecule is Cc1nnc(N(C)c2cccc(O)c2)c(C(N)=S)c1C. The van der Waals surface area contributed by atoms with Crippen LogP contribution in [0.5, 0.6) is 5.75 Å². The lowest BCUT2D eigenvalue weighted by Gasteiger charge is -2.22. The number of anilines is 2. The van der Waals surface area contributed by atoms with Crippen LogP contribution in [0.1, 0.15) is 16.8 Å². The Kier molecular flexibility index (Phi) is 3.85. The molecule has 1 aromatic carbocycles. The summed E-state index contributed by atoms with van der Waals surface area (Å²) in [4.78, 5) is 2.08. The number of nitrogens with zero attached hydrogens (tertiary/aromatic N) is 3. The van der Waals surface area contributed by atoms with Crippen molar-refractivity contribution < 1.29 is 5.11 Å². The number of hydrogen-bond donors (Lipinski definition) is 2. The molecule has 0 saturated carbocycles. The number of rotatable bonds is 3. The third kappa shape index (κ3) is 2.55. The fraction of sp³-hybridized carbons (Fsp3) is 0.214. The van der Waals surface area contributed by atoms with E-state index in [1.807, 2.05) is 27.0 Å². The Morgan fingerprint density at radius 2 is 2.00 bits per heavy atom. The molecular formula is C14H16N4OS. The van der Waals surface area contributed by atoms with Gasteiger partial charge in [-0.15, -0.1) is 5.10 Å². The van der Waals surface area contributed by atoms with E-state index < -0.39 is 0 Å². The second kappa shape index (κ2) is 5.42. The Balaban J connectivity index is 2.58. The average molecular weight is 288 g/mol. The molecule has 0 aliphatic heterocycles. The van der Waals surface area contributed by atoms with Gasteiger partial charge in [0.15, 0.2) is 5.82 Å². The third-order valence-electron chi connectivity index (χ3n) is 3.22. The van der Waals surface area contributed by atoms with E-state index in [2.05, 4.69) is 10.2 Å². The van der Waals surface area contributed by atoms with Crippen LogP contribution in [0.4, 0.5) is 11.5 Å². The van der Waals surface area contributed by atoms with Crippen molar-refractivity contribution in [1.82, 2.24) is 10.2 Å². The summed E-state index contributed by atoms with van der Waals surface area (Å²) in [5.41, 5.74) is 9.01. The Bertz CT molecular complexity index is 672. The molecule has 5 nitrogen and oxygen atoms in total. The minimum atomic E-state index is 0.183. The minimum Gasteiger partial charge on any atom is -0.508 e. The molecule has 0 saturated heterocycles. The van der Waals surface area contributed by atoms with E-state index in [0.29, 0.717) is 11.4 Å². The van der Waals surface area contributed by atoms with Crippen LogP contribution in [0.3, 0.4) is 0 Å². The van der Waals surface area contributed by atoms with Crippen LogP contribution in [0.2, 0.25) is 0 Å². The van der Waals surface area contributed by atoms with Gasteiger partial charge in [-0.25, -0.2) is 0 Å². The second-order valence-corrected chi connectivity index (χ2v) is 4.99. The van der Waals surface area contributed by atoms with Gasteiger partial charge in [0.05, 0.1) is 11.3 Å². The van der Waals surface area contributed by atoms with E-state index >= 15 is 0 Å². The maximum Gasteiger partial charge on any atom is 0.165 e. The van der Waals surface area contributed by atoms with Gasteiger partial charge in [-0.3, -0.25) is 0 Å². The topological polar surface area (TPSA) is 75.3 Å². The lowest BCUT2D eigenvalue weighted by molar-refractivity contribution is 0.475. The van der Waals surface area contributed by atoms with E-state index in [0.717, 1.165) is 16.9 Å². The molecule has 0 amide bonds. The van der Waals surface area contributed by atoms with E-state index in [9.17, 15) is 5.11 Å². The van der Waals surface area contributed by atoms with Crippen molar-refractivity contribution >= 4 is 28.7 Å². The van der Waals surface area contributed by atoms with Crippen LogP contribution in [-0.2, 0) is 0 Å². The fourth-order valence-electron chi connectivity index (χ4n) is 1.95. The van der Waals surface area contributed by atoms with Crippen LogP contribution in [0.15, 0.2) is 24.3 Å². The number of phenolic OH excluding ortho intramolecular Hbond substituents is 1. The molecule has 0 unspecified atom stereocenters. The molecule has 20 heavy (non-hydrogen) atoms. The number of benzene rings is 1. The largest absolute Gasteiger partial charge is 0.508 e. The zero-order valence-electron chi connectivity index (χ0n) is 11.6. The van der Waals surface area contributed by atoms with Crippen LogP contribution in [-0.4, -0.2) is 27.3 Å². The standard InChI is InChI=1S/C14H16N4OS/c1-8-9(2)16-17-14(12(8)13(15)20)18(3)10-5-4-6-11(19)7-10/h4-7,19H,1-3H3,(H2,15,20). The zero-order valence-corrected chi connectivity index (χ0v) is 12.4. The number of phenols is 1. The molecule has 0 fully saturated rings. The number of nitrogens with two attached hydrogens (primary N) is 1. The second-order valence-electron chi connectivity index (χ2n) is 4.55. The lowest BCUT2D eigenvalue weighted by Crippen LogP contribution is -2.22. The molecule has 2 rings (SSSR count). The molecule has 1 aromatic heterocycles. The summed E-state index contributed by atoms with van der Waals surface area (Å²) < 4.78 is 0. The van der Waals surface area contributed by atoms with Gasteiger partial charge < -0.3 is 15.7 Å². The summed E-state index contributed by atoms with van der Waals surface area (Å²) in [5.74, 6) is 0.759. The highest BCUT2D eigenvalue weighted by atomic mass is 32.1. The van der Waals surface area contributed by atoms with Crippen molar-refractivity contribution in [1.29, 1.82) is 0 Å². The Hall–Kier alpha value is -2.21. The third-order valence-corrected chi connectivity index (χ3v) is 3.42. The van der Waals surface area contributed by atoms with Crippen LogP contribution in [0, 0.1) is 13.8 Å². The van der Waals surface area contributed by atoms with Gasteiger partial charge in [-0.05, 0) is 31.5 Å². The van der Waals surface area contributed by atoms with Crippen molar-refractivity contribution in [2.75, 3.05) is 11.9 Å². The number of aromatic hydroxyl groups is 1. The molecule has 6 heteroatoms. The average Bonchev–Trinajstić information content (AvgIpc) is 2.40. The van der Waals surface area contributed by atoms with Gasteiger partial charge >= 0.3 is 0 Å². The number of aryl methyl sites for hydroxylation is 1. The van der Waals surface area contributed by atoms with Gasteiger partial charge in [0, 0.05) is 18.8 Å². The number of aromatic nitrogens is 2. The van der Waals surface area contributed by atoms with Crippen molar-refractivity contribution in [3.63, 3.8) is 0 Å². The first-order chi connectivity index (χ1) is 9.41. The summed E-state index contributed by atoms with van der Waals surface area (Å²) in [5, 5.41) is 17.9. The van der Waals surface area contributed by atoms with E-state index in [1.165, 1.54) is 0 Å². The first-order valence-corrected chi connectivity index (χ1v) is 6.49. The monoisotopic (exact) mass is 288 g/mol. The Morgan fingerprint density at radius 1 is 1.30 bits per heavy atom. The fourth-order valence-corrected chi connectivity index (χ4v) is 2.19. The Labute approximate surface area is 123 Å². The van der Waals surface area contributed by atoms with Gasteiger partial charge in [0.25, 0.3) is 0 Å². The van der Waals surface area contributed by atoms with E-state index in [1.54, 1.807) is 23.1 Å². The molecule has 0 bridgehead atoms. The van der Waals surface area contributed by atoms with Crippen LogP contribution in [0.25, 0.3) is 0 Å². The van der Waals surface area contributed by atoms with Crippen molar-refractivity contribution in [2.45, 2.75) is 13.8 Å². The maximum atomic E-state index is 9.57. The molecule has 1 heterocycles. The summed E-state index contributed by atoms with van der Waals surface area (Å²) in [6, 6.07) is 6.87. The summed E-state index contributed by atoms with van der Waals surface area (Å²) in [7, 11) is 1.83. The van der Waals surface area contributed by atoms with E-state index in [-0.39, 0.29) is 10.7 Å². The molecule has 0 aliphatic rings. The van der Waals surface area contributed by atoms with Crippen molar-refractivity contribution in [3.05, 3.63) is 41.1 Å². The van der Waals surface area contributed by atoms with Gasteiger partial charge in [0.1, 0.15) is 10.7 Å². The van der Waals surface area contributed by atoms with Gasteiger partial charge in [-0.1, -0.05) is 18.3 Å². The van der Waals surface area contributed by atoms with Crippen LogP contribution < -0.4 is 10.6 Å². The summed E-state index contributed by atoms with van der Waals surface area (Å²) in [6.07, 6.45) is 0. The highest BCUT2D eigenvalue weighted by Crippen LogP contribution is 2.29. The minimum absolute atomic E-state index is 0.183. The molecule has 0 aliphatic carbocycles. The normalized spacial score (nSPS) is 10.3. The Morgan fingerprint density at radius 3 is 2.60 bits per heavy atom. The molecule has 0 radical (unpaired) electrons. The first-order valence-electron chi connectivity index (χ1n) is 6.08. The van der Waals surface area contributed by atoms with Crippen LogP contribution >= 0.6 is 12.2 Å². The molecule has 2 aromatic rings. The molecule has 0 spiro atoms. The summed E-state index contributed by atoms with van der Waals surface area (Å²) >= 11 is 5.13. The van der Waals surface area contributed by atoms with Gasteiger partial charge in [-0.2, -0.15) is 5.10 Å².